The third-order valence-electron chi connectivity index (χ3n) is 3.78. The number of fused-ring (bicyclic) bond motifs is 1. The minimum absolute atomic E-state index is 0.185. The van der Waals surface area contributed by atoms with Crippen molar-refractivity contribution in [2.45, 2.75) is 32.2 Å². The molecule has 0 spiro atoms. The van der Waals surface area contributed by atoms with Gasteiger partial charge in [0.25, 0.3) is 0 Å². The SMILES string of the molecule is O=C(O)c1nn(Cc2ccc(Cl)c(Cl)c2)c2c1CCCC2. The zero-order valence-electron chi connectivity index (χ0n) is 11.3. The number of aromatic carboxylic acids is 1. The van der Waals surface area contributed by atoms with Gasteiger partial charge in [0.05, 0.1) is 16.6 Å². The molecule has 1 aromatic carbocycles. The Morgan fingerprint density at radius 3 is 2.71 bits per heavy atom. The van der Waals surface area contributed by atoms with Gasteiger partial charge in [0.1, 0.15) is 0 Å². The van der Waals surface area contributed by atoms with Crippen LogP contribution in [0.3, 0.4) is 0 Å². The van der Waals surface area contributed by atoms with Crippen LogP contribution in [-0.4, -0.2) is 20.9 Å². The van der Waals surface area contributed by atoms with E-state index in [0.717, 1.165) is 42.5 Å². The van der Waals surface area contributed by atoms with E-state index in [2.05, 4.69) is 5.10 Å². The van der Waals surface area contributed by atoms with Gasteiger partial charge in [-0.2, -0.15) is 5.10 Å². The summed E-state index contributed by atoms with van der Waals surface area (Å²) in [4.78, 5) is 11.3. The van der Waals surface area contributed by atoms with E-state index in [1.54, 1.807) is 16.8 Å². The summed E-state index contributed by atoms with van der Waals surface area (Å²) >= 11 is 11.9. The minimum Gasteiger partial charge on any atom is -0.476 e. The summed E-state index contributed by atoms with van der Waals surface area (Å²) in [5.41, 5.74) is 3.06. The monoisotopic (exact) mass is 324 g/mol. The van der Waals surface area contributed by atoms with Gasteiger partial charge in [-0.1, -0.05) is 29.3 Å². The molecule has 110 valence electrons. The van der Waals surface area contributed by atoms with E-state index in [0.29, 0.717) is 16.6 Å². The molecule has 21 heavy (non-hydrogen) atoms. The molecule has 3 rings (SSSR count). The average molecular weight is 325 g/mol. The molecular formula is C15H14Cl2N2O2. The highest BCUT2D eigenvalue weighted by molar-refractivity contribution is 6.42. The van der Waals surface area contributed by atoms with Crippen LogP contribution in [0, 0.1) is 0 Å². The molecule has 0 atom stereocenters. The maximum absolute atomic E-state index is 11.3. The van der Waals surface area contributed by atoms with Crippen LogP contribution in [0.25, 0.3) is 0 Å². The zero-order chi connectivity index (χ0) is 15.0. The van der Waals surface area contributed by atoms with Crippen LogP contribution in [0.5, 0.6) is 0 Å². The lowest BCUT2D eigenvalue weighted by molar-refractivity contribution is 0.0688. The van der Waals surface area contributed by atoms with E-state index < -0.39 is 5.97 Å². The fourth-order valence-corrected chi connectivity index (χ4v) is 3.10. The summed E-state index contributed by atoms with van der Waals surface area (Å²) in [5.74, 6) is -0.957. The first kappa shape index (κ1) is 14.4. The van der Waals surface area contributed by atoms with Crippen LogP contribution in [0.1, 0.15) is 40.2 Å². The first-order valence-corrected chi connectivity index (χ1v) is 7.57. The van der Waals surface area contributed by atoms with E-state index in [4.69, 9.17) is 23.2 Å². The van der Waals surface area contributed by atoms with E-state index in [-0.39, 0.29) is 5.69 Å². The summed E-state index contributed by atoms with van der Waals surface area (Å²) in [5, 5.41) is 14.6. The number of hydrogen-bond donors (Lipinski definition) is 1. The van der Waals surface area contributed by atoms with Gasteiger partial charge in [-0.15, -0.1) is 0 Å². The van der Waals surface area contributed by atoms with Crippen molar-refractivity contribution in [3.63, 3.8) is 0 Å². The third-order valence-corrected chi connectivity index (χ3v) is 4.51. The number of nitrogens with zero attached hydrogens (tertiary/aromatic N) is 2. The van der Waals surface area contributed by atoms with Crippen molar-refractivity contribution >= 4 is 29.2 Å². The minimum atomic E-state index is -0.957. The van der Waals surface area contributed by atoms with Crippen molar-refractivity contribution in [3.05, 3.63) is 50.8 Å². The molecular weight excluding hydrogens is 311 g/mol. The maximum atomic E-state index is 11.3. The van der Waals surface area contributed by atoms with Crippen molar-refractivity contribution in [1.29, 1.82) is 0 Å². The molecule has 1 heterocycles. The van der Waals surface area contributed by atoms with Gasteiger partial charge in [0.15, 0.2) is 5.69 Å². The molecule has 1 N–H and O–H groups in total. The number of hydrogen-bond acceptors (Lipinski definition) is 2. The smallest absolute Gasteiger partial charge is 0.356 e. The first-order valence-electron chi connectivity index (χ1n) is 6.82. The predicted octanol–water partition coefficient (Wildman–Crippen LogP) is 3.82. The molecule has 0 saturated heterocycles. The van der Waals surface area contributed by atoms with Crippen LogP contribution in [0.15, 0.2) is 18.2 Å². The summed E-state index contributed by atoms with van der Waals surface area (Å²) < 4.78 is 1.79. The van der Waals surface area contributed by atoms with Crippen molar-refractivity contribution in [1.82, 2.24) is 9.78 Å². The van der Waals surface area contributed by atoms with Crippen molar-refractivity contribution in [3.8, 4) is 0 Å². The molecule has 0 fully saturated rings. The van der Waals surface area contributed by atoms with Crippen LogP contribution in [0.2, 0.25) is 10.0 Å². The predicted molar refractivity (Wildman–Crippen MR) is 81.4 cm³/mol. The molecule has 1 aliphatic rings. The van der Waals surface area contributed by atoms with Crippen molar-refractivity contribution in [2.24, 2.45) is 0 Å². The van der Waals surface area contributed by atoms with E-state index in [1.165, 1.54) is 0 Å². The highest BCUT2D eigenvalue weighted by Gasteiger charge is 2.24. The standard InChI is InChI=1S/C15H14Cl2N2O2/c16-11-6-5-9(7-12(11)17)8-19-13-4-2-1-3-10(13)14(18-19)15(20)21/h5-7H,1-4,8H2,(H,20,21). The number of halogens is 2. The van der Waals surface area contributed by atoms with Gasteiger partial charge in [0.2, 0.25) is 0 Å². The number of rotatable bonds is 3. The Kier molecular flexibility index (Phi) is 3.91. The zero-order valence-corrected chi connectivity index (χ0v) is 12.8. The van der Waals surface area contributed by atoms with Gasteiger partial charge in [-0.3, -0.25) is 4.68 Å². The van der Waals surface area contributed by atoms with Crippen LogP contribution in [-0.2, 0) is 19.4 Å². The van der Waals surface area contributed by atoms with Gasteiger partial charge in [0, 0.05) is 11.3 Å². The first-order chi connectivity index (χ1) is 10.1. The van der Waals surface area contributed by atoms with Gasteiger partial charge >= 0.3 is 5.97 Å². The second kappa shape index (κ2) is 5.70. The quantitative estimate of drug-likeness (QED) is 0.933. The Morgan fingerprint density at radius 2 is 2.00 bits per heavy atom. The molecule has 0 saturated carbocycles. The summed E-state index contributed by atoms with van der Waals surface area (Å²) in [6, 6.07) is 5.42. The Balaban J connectivity index is 1.98. The lowest BCUT2D eigenvalue weighted by Gasteiger charge is -2.14. The number of carbonyl (C=O) groups is 1. The van der Waals surface area contributed by atoms with Gasteiger partial charge in [-0.05, 0) is 43.4 Å². The topological polar surface area (TPSA) is 55.1 Å². The summed E-state index contributed by atoms with van der Waals surface area (Å²) in [6.45, 7) is 0.506. The molecule has 6 heteroatoms. The lowest BCUT2D eigenvalue weighted by Crippen LogP contribution is -2.10. The molecule has 1 aliphatic carbocycles. The molecule has 0 aliphatic heterocycles. The van der Waals surface area contributed by atoms with Crippen LogP contribution in [0.4, 0.5) is 0 Å². The number of carboxylic acids is 1. The number of carboxylic acid groups (broad SMARTS) is 1. The molecule has 1 aromatic heterocycles. The highest BCUT2D eigenvalue weighted by atomic mass is 35.5. The summed E-state index contributed by atoms with van der Waals surface area (Å²) in [6.07, 6.45) is 3.75. The Labute approximate surface area is 132 Å². The average Bonchev–Trinajstić information content (AvgIpc) is 2.82. The second-order valence-electron chi connectivity index (χ2n) is 5.19. The molecule has 0 bridgehead atoms. The van der Waals surface area contributed by atoms with Gasteiger partial charge in [-0.25, -0.2) is 4.79 Å². The maximum Gasteiger partial charge on any atom is 0.356 e. The fourth-order valence-electron chi connectivity index (χ4n) is 2.78. The second-order valence-corrected chi connectivity index (χ2v) is 6.01. The largest absolute Gasteiger partial charge is 0.476 e. The molecule has 0 unspecified atom stereocenters. The summed E-state index contributed by atoms with van der Waals surface area (Å²) in [7, 11) is 0. The third kappa shape index (κ3) is 2.78. The van der Waals surface area contributed by atoms with Gasteiger partial charge < -0.3 is 5.11 Å². The fraction of sp³-hybridized carbons (Fsp3) is 0.333. The molecule has 0 radical (unpaired) electrons. The molecule has 2 aromatic rings. The van der Waals surface area contributed by atoms with E-state index in [9.17, 15) is 9.90 Å². The van der Waals surface area contributed by atoms with E-state index in [1.807, 2.05) is 6.07 Å². The number of aromatic nitrogens is 2. The normalized spacial score (nSPS) is 14.0. The Hall–Kier alpha value is -1.52. The van der Waals surface area contributed by atoms with Crippen LogP contribution < -0.4 is 0 Å². The van der Waals surface area contributed by atoms with Crippen molar-refractivity contribution < 1.29 is 9.90 Å². The highest BCUT2D eigenvalue weighted by Crippen LogP contribution is 2.27. The Bertz CT molecular complexity index is 710. The van der Waals surface area contributed by atoms with Crippen LogP contribution >= 0.6 is 23.2 Å². The molecule has 0 amide bonds. The number of benzene rings is 1. The lowest BCUT2D eigenvalue weighted by atomic mass is 9.95. The Morgan fingerprint density at radius 1 is 1.24 bits per heavy atom. The molecule has 4 nitrogen and oxygen atoms in total. The van der Waals surface area contributed by atoms with E-state index >= 15 is 0 Å². The van der Waals surface area contributed by atoms with Crippen molar-refractivity contribution in [2.75, 3.05) is 0 Å².